The molecule has 0 radical (unpaired) electrons. The average molecular weight is 261 g/mol. The molecule has 0 fully saturated rings. The zero-order chi connectivity index (χ0) is 13.8. The molecule has 0 heterocycles. The van der Waals surface area contributed by atoms with Crippen molar-refractivity contribution >= 4 is 0 Å². The number of rotatable bonds is 5. The standard InChI is InChI=1S/C13H18F3NO/c1-9(2)12(8-18)17-7-10-5-3-4-6-11(10)13(14,15)16/h3-6,9,12,17-18H,7-8H2,1-2H3. The first-order valence-corrected chi connectivity index (χ1v) is 5.85. The Hall–Kier alpha value is -1.07. The monoisotopic (exact) mass is 261 g/mol. The van der Waals surface area contributed by atoms with E-state index in [4.69, 9.17) is 5.11 Å². The van der Waals surface area contributed by atoms with Gasteiger partial charge in [-0.2, -0.15) is 13.2 Å². The zero-order valence-corrected chi connectivity index (χ0v) is 10.5. The predicted octanol–water partition coefficient (Wildman–Crippen LogP) is 2.81. The quantitative estimate of drug-likeness (QED) is 0.854. The van der Waals surface area contributed by atoms with Crippen LogP contribution in [-0.2, 0) is 12.7 Å². The van der Waals surface area contributed by atoms with Crippen molar-refractivity contribution in [2.75, 3.05) is 6.61 Å². The van der Waals surface area contributed by atoms with E-state index in [0.717, 1.165) is 6.07 Å². The molecule has 0 bridgehead atoms. The van der Waals surface area contributed by atoms with Gasteiger partial charge in [0, 0.05) is 12.6 Å². The van der Waals surface area contributed by atoms with Gasteiger partial charge in [0.25, 0.3) is 0 Å². The van der Waals surface area contributed by atoms with Crippen molar-refractivity contribution in [1.82, 2.24) is 5.32 Å². The van der Waals surface area contributed by atoms with Crippen LogP contribution in [0.25, 0.3) is 0 Å². The largest absolute Gasteiger partial charge is 0.416 e. The summed E-state index contributed by atoms with van der Waals surface area (Å²) in [5.41, 5.74) is -0.429. The molecule has 0 aliphatic heterocycles. The van der Waals surface area contributed by atoms with Gasteiger partial charge in [-0.15, -0.1) is 0 Å². The van der Waals surface area contributed by atoms with Crippen molar-refractivity contribution in [3.63, 3.8) is 0 Å². The van der Waals surface area contributed by atoms with E-state index in [1.165, 1.54) is 12.1 Å². The minimum absolute atomic E-state index is 0.0914. The summed E-state index contributed by atoms with van der Waals surface area (Å²) in [6, 6.07) is 5.27. The smallest absolute Gasteiger partial charge is 0.395 e. The summed E-state index contributed by atoms with van der Waals surface area (Å²) in [5, 5.41) is 12.1. The van der Waals surface area contributed by atoms with Gasteiger partial charge < -0.3 is 10.4 Å². The molecule has 1 aromatic carbocycles. The maximum Gasteiger partial charge on any atom is 0.416 e. The maximum atomic E-state index is 12.7. The third-order valence-electron chi connectivity index (χ3n) is 2.88. The summed E-state index contributed by atoms with van der Waals surface area (Å²) in [4.78, 5) is 0. The third kappa shape index (κ3) is 3.99. The number of aliphatic hydroxyl groups is 1. The van der Waals surface area contributed by atoms with Crippen LogP contribution in [0.3, 0.4) is 0 Å². The highest BCUT2D eigenvalue weighted by Crippen LogP contribution is 2.31. The number of nitrogens with one attached hydrogen (secondary N) is 1. The summed E-state index contributed by atoms with van der Waals surface area (Å²) < 4.78 is 38.2. The van der Waals surface area contributed by atoms with Crippen molar-refractivity contribution < 1.29 is 18.3 Å². The van der Waals surface area contributed by atoms with Crippen molar-refractivity contribution in [2.24, 2.45) is 5.92 Å². The lowest BCUT2D eigenvalue weighted by molar-refractivity contribution is -0.138. The molecule has 0 saturated heterocycles. The fraction of sp³-hybridized carbons (Fsp3) is 0.538. The molecule has 0 aliphatic rings. The van der Waals surface area contributed by atoms with Crippen molar-refractivity contribution in [3.05, 3.63) is 35.4 Å². The van der Waals surface area contributed by atoms with Gasteiger partial charge in [0.1, 0.15) is 0 Å². The number of hydrogen-bond acceptors (Lipinski definition) is 2. The molecule has 1 aromatic rings. The van der Waals surface area contributed by atoms with Gasteiger partial charge in [-0.3, -0.25) is 0 Å². The maximum absolute atomic E-state index is 12.7. The van der Waals surface area contributed by atoms with Crippen molar-refractivity contribution in [2.45, 2.75) is 32.6 Å². The molecule has 18 heavy (non-hydrogen) atoms. The summed E-state index contributed by atoms with van der Waals surface area (Å²) in [5.74, 6) is 0.160. The van der Waals surface area contributed by atoms with Gasteiger partial charge in [-0.05, 0) is 17.5 Å². The topological polar surface area (TPSA) is 32.3 Å². The Morgan fingerprint density at radius 3 is 2.33 bits per heavy atom. The molecule has 0 amide bonds. The van der Waals surface area contributed by atoms with E-state index in [1.54, 1.807) is 6.07 Å². The fourth-order valence-electron chi connectivity index (χ4n) is 1.70. The van der Waals surface area contributed by atoms with Gasteiger partial charge >= 0.3 is 6.18 Å². The van der Waals surface area contributed by atoms with E-state index in [9.17, 15) is 13.2 Å². The SMILES string of the molecule is CC(C)C(CO)NCc1ccccc1C(F)(F)F. The summed E-state index contributed by atoms with van der Waals surface area (Å²) in [6.45, 7) is 3.82. The second-order valence-corrected chi connectivity index (χ2v) is 4.57. The van der Waals surface area contributed by atoms with Crippen molar-refractivity contribution in [1.29, 1.82) is 0 Å². The molecule has 2 nitrogen and oxygen atoms in total. The highest BCUT2D eigenvalue weighted by Gasteiger charge is 2.32. The molecule has 0 aliphatic carbocycles. The number of benzene rings is 1. The highest BCUT2D eigenvalue weighted by atomic mass is 19.4. The van der Waals surface area contributed by atoms with E-state index in [0.29, 0.717) is 0 Å². The van der Waals surface area contributed by atoms with Crippen LogP contribution < -0.4 is 5.32 Å². The Kier molecular flexibility index (Phi) is 5.16. The highest BCUT2D eigenvalue weighted by molar-refractivity contribution is 5.29. The number of hydrogen-bond donors (Lipinski definition) is 2. The van der Waals surface area contributed by atoms with Crippen LogP contribution in [0, 0.1) is 5.92 Å². The van der Waals surface area contributed by atoms with Gasteiger partial charge in [0.2, 0.25) is 0 Å². The lowest BCUT2D eigenvalue weighted by Gasteiger charge is -2.21. The molecule has 0 spiro atoms. The second-order valence-electron chi connectivity index (χ2n) is 4.57. The molecule has 102 valence electrons. The average Bonchev–Trinajstić information content (AvgIpc) is 2.28. The predicted molar refractivity (Wildman–Crippen MR) is 64.0 cm³/mol. The lowest BCUT2D eigenvalue weighted by Crippen LogP contribution is -2.36. The molecule has 0 aromatic heterocycles. The molecule has 1 unspecified atom stereocenters. The van der Waals surface area contributed by atoms with Crippen LogP contribution in [0.15, 0.2) is 24.3 Å². The first kappa shape index (κ1) is 15.0. The number of aliphatic hydroxyl groups excluding tert-OH is 1. The lowest BCUT2D eigenvalue weighted by atomic mass is 10.0. The number of alkyl halides is 3. The zero-order valence-electron chi connectivity index (χ0n) is 10.5. The van der Waals surface area contributed by atoms with E-state index >= 15 is 0 Å². The molecule has 1 rings (SSSR count). The Morgan fingerprint density at radius 1 is 1.22 bits per heavy atom. The number of halogens is 3. The van der Waals surface area contributed by atoms with Gasteiger partial charge in [-0.25, -0.2) is 0 Å². The Bertz CT molecular complexity index is 377. The fourth-order valence-corrected chi connectivity index (χ4v) is 1.70. The first-order chi connectivity index (χ1) is 8.36. The van der Waals surface area contributed by atoms with Gasteiger partial charge in [0.05, 0.1) is 12.2 Å². The summed E-state index contributed by atoms with van der Waals surface area (Å²) in [7, 11) is 0. The molecule has 1 atom stereocenters. The van der Waals surface area contributed by atoms with Crippen LogP contribution in [0.2, 0.25) is 0 Å². The Labute approximate surface area is 105 Å². The van der Waals surface area contributed by atoms with Crippen molar-refractivity contribution in [3.8, 4) is 0 Å². The summed E-state index contributed by atoms with van der Waals surface area (Å²) in [6.07, 6.45) is -4.34. The van der Waals surface area contributed by atoms with Crippen LogP contribution in [-0.4, -0.2) is 17.8 Å². The van der Waals surface area contributed by atoms with Gasteiger partial charge in [0.15, 0.2) is 0 Å². The molecule has 0 saturated carbocycles. The Balaban J connectivity index is 2.79. The van der Waals surface area contributed by atoms with Gasteiger partial charge in [-0.1, -0.05) is 32.0 Å². The van der Waals surface area contributed by atoms with Crippen LogP contribution >= 0.6 is 0 Å². The Morgan fingerprint density at radius 2 is 1.83 bits per heavy atom. The third-order valence-corrected chi connectivity index (χ3v) is 2.88. The molecular formula is C13H18F3NO. The molecule has 2 N–H and O–H groups in total. The normalized spacial score (nSPS) is 13.9. The van der Waals surface area contributed by atoms with Crippen LogP contribution in [0.4, 0.5) is 13.2 Å². The minimum Gasteiger partial charge on any atom is -0.395 e. The van der Waals surface area contributed by atoms with Crippen LogP contribution in [0.5, 0.6) is 0 Å². The minimum atomic E-state index is -4.34. The van der Waals surface area contributed by atoms with E-state index in [1.807, 2.05) is 13.8 Å². The summed E-state index contributed by atoms with van der Waals surface area (Å²) >= 11 is 0. The van der Waals surface area contributed by atoms with E-state index < -0.39 is 11.7 Å². The molecule has 5 heteroatoms. The first-order valence-electron chi connectivity index (χ1n) is 5.85. The van der Waals surface area contributed by atoms with Crippen LogP contribution in [0.1, 0.15) is 25.0 Å². The van der Waals surface area contributed by atoms with E-state index in [2.05, 4.69) is 5.32 Å². The second kappa shape index (κ2) is 6.20. The molecular weight excluding hydrogens is 243 g/mol. The van der Waals surface area contributed by atoms with E-state index in [-0.39, 0.29) is 30.7 Å².